The van der Waals surface area contributed by atoms with E-state index in [1.54, 1.807) is 6.08 Å². The number of benzene rings is 2. The van der Waals surface area contributed by atoms with Gasteiger partial charge in [-0.25, -0.2) is 0 Å². The molecule has 0 radical (unpaired) electrons. The number of amides is 2. The largest absolute Gasteiger partial charge is 0.488 e. The minimum absolute atomic E-state index is 0.207. The van der Waals surface area contributed by atoms with Gasteiger partial charge < -0.3 is 4.74 Å². The highest BCUT2D eigenvalue weighted by Gasteiger charge is 2.34. The van der Waals surface area contributed by atoms with Crippen LogP contribution >= 0.6 is 43.6 Å². The number of carbonyl (C=O) groups excluding carboxylic acids is 2. The third kappa shape index (κ3) is 5.03. The summed E-state index contributed by atoms with van der Waals surface area (Å²) in [4.78, 5) is 26.0. The van der Waals surface area contributed by atoms with E-state index in [4.69, 9.17) is 4.74 Å². The van der Waals surface area contributed by atoms with Gasteiger partial charge in [-0.1, -0.05) is 41.1 Å². The summed E-state index contributed by atoms with van der Waals surface area (Å²) >= 11 is 7.91. The van der Waals surface area contributed by atoms with E-state index >= 15 is 0 Å². The van der Waals surface area contributed by atoms with Crippen molar-refractivity contribution in [3.63, 3.8) is 0 Å². The first-order valence-corrected chi connectivity index (χ1v) is 10.8. The van der Waals surface area contributed by atoms with Crippen LogP contribution in [-0.2, 0) is 11.4 Å². The predicted octanol–water partition coefficient (Wildman–Crippen LogP) is 6.24. The van der Waals surface area contributed by atoms with Crippen molar-refractivity contribution in [2.75, 3.05) is 6.54 Å². The number of halogens is 2. The van der Waals surface area contributed by atoms with Crippen LogP contribution in [0.4, 0.5) is 4.79 Å². The second-order valence-electron chi connectivity index (χ2n) is 5.94. The highest BCUT2D eigenvalue weighted by molar-refractivity contribution is 9.10. The van der Waals surface area contributed by atoms with Gasteiger partial charge >= 0.3 is 0 Å². The van der Waals surface area contributed by atoms with Crippen LogP contribution in [0.15, 0.2) is 56.3 Å². The number of hydrogen-bond acceptors (Lipinski definition) is 4. The zero-order chi connectivity index (χ0) is 19.4. The molecule has 0 N–H and O–H groups in total. The van der Waals surface area contributed by atoms with Crippen molar-refractivity contribution in [1.82, 2.24) is 4.90 Å². The van der Waals surface area contributed by atoms with Gasteiger partial charge in [0.25, 0.3) is 11.1 Å². The number of rotatable bonds is 6. The third-order valence-electron chi connectivity index (χ3n) is 3.88. The maximum absolute atomic E-state index is 12.3. The molecule has 140 valence electrons. The fourth-order valence-corrected chi connectivity index (χ4v) is 4.17. The lowest BCUT2D eigenvalue weighted by atomic mass is 10.2. The minimum Gasteiger partial charge on any atom is -0.488 e. The Labute approximate surface area is 179 Å². The molecule has 1 aliphatic rings. The van der Waals surface area contributed by atoms with E-state index in [1.807, 2.05) is 49.4 Å². The molecule has 0 atom stereocenters. The average Bonchev–Trinajstić information content (AvgIpc) is 2.90. The molecular formula is C20H17Br2NO3S. The van der Waals surface area contributed by atoms with Crippen LogP contribution in [0.3, 0.4) is 0 Å². The fraction of sp³-hybridized carbons (Fsp3) is 0.200. The van der Waals surface area contributed by atoms with Gasteiger partial charge in [0.2, 0.25) is 0 Å². The highest BCUT2D eigenvalue weighted by atomic mass is 79.9. The zero-order valence-electron chi connectivity index (χ0n) is 14.6. The molecule has 0 spiro atoms. The summed E-state index contributed by atoms with van der Waals surface area (Å²) in [7, 11) is 0. The Balaban J connectivity index is 1.70. The van der Waals surface area contributed by atoms with E-state index in [0.717, 1.165) is 38.3 Å². The van der Waals surface area contributed by atoms with Crippen molar-refractivity contribution in [1.29, 1.82) is 0 Å². The molecule has 0 aliphatic carbocycles. The average molecular weight is 511 g/mol. The SMILES string of the molecule is CCCN1C(=O)S/C(=C/c2ccc(OCc3ccc(Br)cc3)c(Br)c2)C1=O. The summed E-state index contributed by atoms with van der Waals surface area (Å²) in [5, 5.41) is -0.207. The predicted molar refractivity (Wildman–Crippen MR) is 116 cm³/mol. The number of hydrogen-bond donors (Lipinski definition) is 0. The molecule has 3 rings (SSSR count). The first kappa shape index (κ1) is 20.2. The van der Waals surface area contributed by atoms with Gasteiger partial charge in [-0.15, -0.1) is 0 Å². The summed E-state index contributed by atoms with van der Waals surface area (Å²) in [6.07, 6.45) is 2.49. The molecule has 1 saturated heterocycles. The number of thioether (sulfide) groups is 1. The van der Waals surface area contributed by atoms with Crippen LogP contribution in [-0.4, -0.2) is 22.6 Å². The van der Waals surface area contributed by atoms with Gasteiger partial charge in [0.1, 0.15) is 12.4 Å². The van der Waals surface area contributed by atoms with Crippen LogP contribution in [0.1, 0.15) is 24.5 Å². The number of nitrogens with zero attached hydrogens (tertiary/aromatic N) is 1. The Morgan fingerprint density at radius 2 is 1.85 bits per heavy atom. The molecule has 0 unspecified atom stereocenters. The summed E-state index contributed by atoms with van der Waals surface area (Å²) in [5.41, 5.74) is 1.90. The van der Waals surface area contributed by atoms with E-state index < -0.39 is 0 Å². The molecule has 4 nitrogen and oxygen atoms in total. The Hall–Kier alpha value is -1.57. The van der Waals surface area contributed by atoms with E-state index in [1.165, 1.54) is 4.90 Å². The molecule has 2 amide bonds. The lowest BCUT2D eigenvalue weighted by molar-refractivity contribution is -0.122. The molecule has 0 aromatic heterocycles. The topological polar surface area (TPSA) is 46.6 Å². The molecule has 27 heavy (non-hydrogen) atoms. The second-order valence-corrected chi connectivity index (χ2v) is 8.70. The molecule has 2 aromatic carbocycles. The van der Waals surface area contributed by atoms with Gasteiger partial charge in [0, 0.05) is 11.0 Å². The maximum atomic E-state index is 12.3. The Morgan fingerprint density at radius 3 is 2.52 bits per heavy atom. The Bertz CT molecular complexity index is 897. The molecule has 1 heterocycles. The second kappa shape index (κ2) is 9.08. The van der Waals surface area contributed by atoms with Crippen LogP contribution < -0.4 is 4.74 Å². The Kier molecular flexibility index (Phi) is 6.78. The number of carbonyl (C=O) groups is 2. The van der Waals surface area contributed by atoms with Gasteiger partial charge in [-0.2, -0.15) is 0 Å². The minimum atomic E-state index is -0.224. The highest BCUT2D eigenvalue weighted by Crippen LogP contribution is 2.34. The molecule has 7 heteroatoms. The molecular weight excluding hydrogens is 494 g/mol. The van der Waals surface area contributed by atoms with E-state index in [2.05, 4.69) is 31.9 Å². The third-order valence-corrected chi connectivity index (χ3v) is 5.94. The van der Waals surface area contributed by atoms with Gasteiger partial charge in [-0.3, -0.25) is 14.5 Å². The van der Waals surface area contributed by atoms with Crippen molar-refractivity contribution in [2.24, 2.45) is 0 Å². The number of imide groups is 1. The normalized spacial score (nSPS) is 15.7. The first-order valence-electron chi connectivity index (χ1n) is 8.40. The van der Waals surface area contributed by atoms with Crippen LogP contribution in [0, 0.1) is 0 Å². The summed E-state index contributed by atoms with van der Waals surface area (Å²) in [6, 6.07) is 13.5. The fourth-order valence-electron chi connectivity index (χ4n) is 2.53. The molecule has 1 aliphatic heterocycles. The van der Waals surface area contributed by atoms with Crippen molar-refractivity contribution in [2.45, 2.75) is 20.0 Å². The Morgan fingerprint density at radius 1 is 1.11 bits per heavy atom. The lowest BCUT2D eigenvalue weighted by Gasteiger charge is -2.10. The van der Waals surface area contributed by atoms with Crippen LogP contribution in [0.2, 0.25) is 0 Å². The van der Waals surface area contributed by atoms with E-state index in [9.17, 15) is 9.59 Å². The summed E-state index contributed by atoms with van der Waals surface area (Å²) in [6.45, 7) is 2.85. The van der Waals surface area contributed by atoms with Gasteiger partial charge in [-0.05, 0) is 75.6 Å². The number of ether oxygens (including phenoxy) is 1. The zero-order valence-corrected chi connectivity index (χ0v) is 18.6. The first-order chi connectivity index (χ1) is 13.0. The standard InChI is InChI=1S/C20H17Br2NO3S/c1-2-9-23-19(24)18(27-20(23)25)11-14-5-8-17(16(22)10-14)26-12-13-3-6-15(21)7-4-13/h3-8,10-11H,2,9,12H2,1H3/b18-11+. The molecule has 0 bridgehead atoms. The molecule has 2 aromatic rings. The molecule has 0 saturated carbocycles. The smallest absolute Gasteiger partial charge is 0.293 e. The van der Waals surface area contributed by atoms with Crippen molar-refractivity contribution >= 4 is 60.8 Å². The quantitative estimate of drug-likeness (QED) is 0.431. The van der Waals surface area contributed by atoms with Crippen LogP contribution in [0.5, 0.6) is 5.75 Å². The molecule has 1 fully saturated rings. The van der Waals surface area contributed by atoms with Gasteiger partial charge in [0.15, 0.2) is 0 Å². The summed E-state index contributed by atoms with van der Waals surface area (Å²) in [5.74, 6) is 0.493. The maximum Gasteiger partial charge on any atom is 0.293 e. The van der Waals surface area contributed by atoms with Crippen molar-refractivity contribution in [3.05, 3.63) is 67.4 Å². The van der Waals surface area contributed by atoms with Crippen molar-refractivity contribution < 1.29 is 14.3 Å². The van der Waals surface area contributed by atoms with Gasteiger partial charge in [0.05, 0.1) is 9.38 Å². The summed E-state index contributed by atoms with van der Waals surface area (Å²) < 4.78 is 7.68. The van der Waals surface area contributed by atoms with E-state index in [-0.39, 0.29) is 11.1 Å². The van der Waals surface area contributed by atoms with Crippen LogP contribution in [0.25, 0.3) is 6.08 Å². The van der Waals surface area contributed by atoms with Crippen molar-refractivity contribution in [3.8, 4) is 5.75 Å². The monoisotopic (exact) mass is 509 g/mol. The van der Waals surface area contributed by atoms with E-state index in [0.29, 0.717) is 23.8 Å². The lowest BCUT2D eigenvalue weighted by Crippen LogP contribution is -2.28.